The first-order chi connectivity index (χ1) is 32.0. The molecular formula is C38H32ClN5Na2O21P2S2. The van der Waals surface area contributed by atoms with Gasteiger partial charge in [0.1, 0.15) is 44.2 Å². The standard InChI is InChI=1S/C23H19ClN4O14P2S2.C15H15NO7.2Na/c1-10-2-4-13(15(6-10)43(32,33)34)26-28-21-18(46(38,39)40)8-11-7-17(45-42-41-31)20(22(29)19(11)23(21)30)27-25-14-5-3-12(24)9-16(14)44(35,36)37;1-7-4-12(22)23-14-8(7)2-3-9(17)13(14)15(16,5-10(18)19)6-11(20)21;;/h2-9,29-31H,1H3,(H2,32,33,34)(H2,35,36,37)(H,38,39,40);2-4,17H,5-6,16H2,1H3,(H,18,19)(H,20,21);;/q;;2*+1/p-2. The zero-order chi connectivity index (χ0) is 51.6. The first-order valence-corrected chi connectivity index (χ1v) is 24.2. The molecule has 0 saturated carbocycles. The maximum atomic E-state index is 12.2. The average molecular weight is 1100 g/mol. The number of benzene rings is 5. The van der Waals surface area contributed by atoms with E-state index in [0.29, 0.717) is 22.6 Å². The predicted molar refractivity (Wildman–Crippen MR) is 237 cm³/mol. The third-order valence-electron chi connectivity index (χ3n) is 9.41. The molecule has 0 unspecified atom stereocenters. The maximum Gasteiger partial charge on any atom is 1.00 e. The number of aryl methyl sites for hydroxylation is 2. The predicted octanol–water partition coefficient (Wildman–Crippen LogP) is -1.30. The summed E-state index contributed by atoms with van der Waals surface area (Å²) < 4.78 is 69.8. The van der Waals surface area contributed by atoms with Crippen molar-refractivity contribution in [2.45, 2.75) is 42.0 Å². The van der Waals surface area contributed by atoms with Crippen molar-refractivity contribution in [2.24, 2.45) is 26.2 Å². The third kappa shape index (κ3) is 14.7. The van der Waals surface area contributed by atoms with E-state index in [1.54, 1.807) is 6.92 Å². The van der Waals surface area contributed by atoms with Crippen molar-refractivity contribution in [1.82, 2.24) is 0 Å². The summed E-state index contributed by atoms with van der Waals surface area (Å²) in [7, 11) is -15.4. The van der Waals surface area contributed by atoms with E-state index in [0.717, 1.165) is 30.3 Å². The topological polar surface area (TPSA) is 455 Å². The number of phenolic OH excluding ortho intramolecular Hbond substituents is 3. The van der Waals surface area contributed by atoms with E-state index in [-0.39, 0.29) is 97.6 Å². The van der Waals surface area contributed by atoms with Crippen LogP contribution in [0, 0.1) is 13.8 Å². The number of nitrogens with zero attached hydrogens (tertiary/aromatic N) is 4. The summed E-state index contributed by atoms with van der Waals surface area (Å²) in [4.78, 5) is 71.1. The molecule has 5 aromatic carbocycles. The Hall–Kier alpha value is -4.20. The second kappa shape index (κ2) is 24.2. The van der Waals surface area contributed by atoms with Crippen molar-refractivity contribution in [3.63, 3.8) is 0 Å². The number of hydrogen-bond acceptors (Lipinski definition) is 21. The van der Waals surface area contributed by atoms with E-state index in [9.17, 15) is 76.6 Å². The fraction of sp³-hybridized carbons (Fsp3) is 0.132. The molecule has 0 aliphatic carbocycles. The van der Waals surface area contributed by atoms with Crippen molar-refractivity contribution in [3.8, 4) is 17.2 Å². The molecule has 6 rings (SSSR count). The molecule has 1 aromatic heterocycles. The smallest absolute Gasteiger partial charge is 0.744 e. The van der Waals surface area contributed by atoms with Crippen LogP contribution >= 0.6 is 38.8 Å². The Morgan fingerprint density at radius 3 is 1.89 bits per heavy atom. The number of carbonyl (C=O) groups is 2. The first-order valence-electron chi connectivity index (χ1n) is 18.5. The van der Waals surface area contributed by atoms with E-state index in [1.807, 2.05) is 0 Å². The molecule has 26 nitrogen and oxygen atoms in total. The van der Waals surface area contributed by atoms with Crippen LogP contribution in [0.4, 0.5) is 22.7 Å². The summed E-state index contributed by atoms with van der Waals surface area (Å²) in [5.41, 5.74) is 1.46. The summed E-state index contributed by atoms with van der Waals surface area (Å²) in [5.74, 6) is -5.30. The van der Waals surface area contributed by atoms with Crippen LogP contribution < -0.4 is 86.3 Å². The monoisotopic (exact) mass is 1100 g/mol. The summed E-state index contributed by atoms with van der Waals surface area (Å²) >= 11 is 5.94. The number of aromatic hydroxyl groups is 3. The van der Waals surface area contributed by atoms with Gasteiger partial charge in [0, 0.05) is 16.5 Å². The van der Waals surface area contributed by atoms with Gasteiger partial charge in [-0.25, -0.2) is 13.2 Å². The van der Waals surface area contributed by atoms with Gasteiger partial charge in [-0.3, -0.25) is 23.8 Å². The number of phenols is 3. The molecule has 33 heteroatoms. The number of halogens is 1. The first kappa shape index (κ1) is 61.1. The van der Waals surface area contributed by atoms with Crippen LogP contribution in [-0.4, -0.2) is 70.0 Å². The van der Waals surface area contributed by atoms with Crippen LogP contribution in [0.2, 0.25) is 5.02 Å². The van der Waals surface area contributed by atoms with Crippen LogP contribution in [-0.2, 0) is 43.7 Å². The molecule has 0 aliphatic rings. The van der Waals surface area contributed by atoms with Gasteiger partial charge in [-0.15, -0.1) is 20.5 Å². The van der Waals surface area contributed by atoms with E-state index in [4.69, 9.17) is 32.0 Å². The summed E-state index contributed by atoms with van der Waals surface area (Å²) in [6.07, 6.45) is -1.52. The van der Waals surface area contributed by atoms with Gasteiger partial charge in [-0.05, 0) is 79.4 Å². The number of carboxylic acids is 2. The largest absolute Gasteiger partial charge is 1.00 e. The number of azo groups is 2. The zero-order valence-electron chi connectivity index (χ0n) is 36.6. The third-order valence-corrected chi connectivity index (χ3v) is 13.1. The molecule has 0 fully saturated rings. The Morgan fingerprint density at radius 1 is 0.817 bits per heavy atom. The van der Waals surface area contributed by atoms with E-state index < -0.39 is 122 Å². The van der Waals surface area contributed by atoms with Crippen LogP contribution in [0.15, 0.2) is 106 Å². The van der Waals surface area contributed by atoms with Gasteiger partial charge in [0.25, 0.3) is 0 Å². The Kier molecular flexibility index (Phi) is 20.8. The average Bonchev–Trinajstić information content (AvgIpc) is 3.21. The summed E-state index contributed by atoms with van der Waals surface area (Å²) in [6, 6.07) is 12.5. The maximum absolute atomic E-state index is 12.2. The molecule has 6 aromatic rings. The molecule has 0 bridgehead atoms. The van der Waals surface area contributed by atoms with Crippen LogP contribution in [0.5, 0.6) is 17.2 Å². The number of fused-ring (bicyclic) bond motifs is 2. The minimum atomic E-state index is -5.46. The molecule has 0 saturated heterocycles. The molecule has 11 N–H and O–H groups in total. The van der Waals surface area contributed by atoms with E-state index >= 15 is 0 Å². The zero-order valence-corrected chi connectivity index (χ0v) is 44.8. The van der Waals surface area contributed by atoms with Crippen LogP contribution in [0.3, 0.4) is 0 Å². The van der Waals surface area contributed by atoms with E-state index in [2.05, 4.69) is 29.8 Å². The summed E-state index contributed by atoms with van der Waals surface area (Å²) in [6.45, 7) is 3.16. The molecule has 0 aliphatic heterocycles. The Morgan fingerprint density at radius 2 is 1.35 bits per heavy atom. The van der Waals surface area contributed by atoms with Crippen molar-refractivity contribution in [1.29, 1.82) is 0 Å². The Labute approximate surface area is 451 Å². The molecule has 0 amide bonds. The normalized spacial score (nSPS) is 12.1. The van der Waals surface area contributed by atoms with Crippen LogP contribution in [0.1, 0.15) is 29.5 Å². The molecule has 0 atom stereocenters. The SMILES string of the molecule is Cc1cc(=O)oc2c(C(N)(CC(=O)O)CC(=O)O)c(O)ccc12.Cc1ccc(N=Nc2c(S(=O)(=O)[O-])cc3cc(SOO[O-])c(N=Nc4ccc(Cl)cc4P(=O)(O)O)c(O)c3c2O)c(P(=O)(O)O)c1.[Na+].[Na+]. The number of carboxylic acid groups (broad SMARTS) is 2. The number of hydrogen-bond donors (Lipinski definition) is 10. The van der Waals surface area contributed by atoms with Gasteiger partial charge < -0.3 is 65.1 Å². The molecule has 0 spiro atoms. The van der Waals surface area contributed by atoms with Gasteiger partial charge >= 0.3 is 91.9 Å². The second-order valence-corrected chi connectivity index (χ2v) is 20.1. The molecule has 366 valence electrons. The van der Waals surface area contributed by atoms with Crippen molar-refractivity contribution in [3.05, 3.63) is 98.9 Å². The molecular weight excluding hydrogens is 1070 g/mol. The van der Waals surface area contributed by atoms with Crippen molar-refractivity contribution < 1.29 is 155 Å². The minimum absolute atomic E-state index is 0. The van der Waals surface area contributed by atoms with Gasteiger partial charge in [0.2, 0.25) is 0 Å². The van der Waals surface area contributed by atoms with Gasteiger partial charge in [-0.1, -0.05) is 23.2 Å². The fourth-order valence-electron chi connectivity index (χ4n) is 6.57. The fourth-order valence-corrected chi connectivity index (χ4v) is 9.47. The van der Waals surface area contributed by atoms with Crippen LogP contribution in [0.25, 0.3) is 21.7 Å². The van der Waals surface area contributed by atoms with Crippen molar-refractivity contribution in [2.75, 3.05) is 0 Å². The minimum Gasteiger partial charge on any atom is -0.744 e. The molecule has 0 radical (unpaired) electrons. The molecule has 71 heavy (non-hydrogen) atoms. The number of nitrogens with two attached hydrogens (primary N) is 1. The quantitative estimate of drug-likeness (QED) is 0.00835. The van der Waals surface area contributed by atoms with Crippen molar-refractivity contribution >= 4 is 116 Å². The van der Waals surface area contributed by atoms with Gasteiger partial charge in [0.05, 0.1) is 61.8 Å². The Balaban J connectivity index is 0.000000449. The molecule has 1 heterocycles. The number of rotatable bonds is 15. The van der Waals surface area contributed by atoms with E-state index in [1.165, 1.54) is 37.3 Å². The second-order valence-electron chi connectivity index (χ2n) is 14.4. The van der Waals surface area contributed by atoms with Gasteiger partial charge in [0.15, 0.2) is 11.5 Å². The summed E-state index contributed by atoms with van der Waals surface area (Å²) in [5, 5.41) is 77.1. The Bertz CT molecular complexity index is 3390. The number of aliphatic carboxylic acids is 2. The van der Waals surface area contributed by atoms with Gasteiger partial charge in [-0.2, -0.15) is 4.33 Å².